The van der Waals surface area contributed by atoms with E-state index >= 15 is 0 Å². The fourth-order valence-corrected chi connectivity index (χ4v) is 0.537. The first-order valence-corrected chi connectivity index (χ1v) is 3.05. The van der Waals surface area contributed by atoms with Crippen molar-refractivity contribution in [3.05, 3.63) is 36.7 Å². The van der Waals surface area contributed by atoms with Gasteiger partial charge in [0.2, 0.25) is 0 Å². The molecule has 0 atom stereocenters. The fraction of sp³-hybridized carbons (Fsp3) is 0.250. The van der Waals surface area contributed by atoms with Gasteiger partial charge < -0.3 is 10.4 Å². The SMILES string of the molecule is C=C/C=C(\C)NC(=C)CO. The van der Waals surface area contributed by atoms with E-state index in [0.29, 0.717) is 5.70 Å². The van der Waals surface area contributed by atoms with Crippen molar-refractivity contribution in [1.29, 1.82) is 0 Å². The molecule has 0 saturated carbocycles. The molecule has 0 fully saturated rings. The summed E-state index contributed by atoms with van der Waals surface area (Å²) in [4.78, 5) is 0. The largest absolute Gasteiger partial charge is 0.390 e. The molecule has 0 bridgehead atoms. The van der Waals surface area contributed by atoms with E-state index in [1.165, 1.54) is 0 Å². The third-order valence-electron chi connectivity index (χ3n) is 0.933. The molecular weight excluding hydrogens is 126 g/mol. The van der Waals surface area contributed by atoms with Crippen molar-refractivity contribution in [2.75, 3.05) is 6.61 Å². The topological polar surface area (TPSA) is 32.3 Å². The molecule has 0 radical (unpaired) electrons. The van der Waals surface area contributed by atoms with Crippen LogP contribution in [0.15, 0.2) is 36.7 Å². The highest BCUT2D eigenvalue weighted by Gasteiger charge is 1.88. The van der Waals surface area contributed by atoms with Crippen LogP contribution in [0.3, 0.4) is 0 Å². The minimum absolute atomic E-state index is 0.0394. The van der Waals surface area contributed by atoms with Crippen molar-refractivity contribution in [3.63, 3.8) is 0 Å². The first-order chi connectivity index (χ1) is 4.70. The lowest BCUT2D eigenvalue weighted by Gasteiger charge is -2.04. The van der Waals surface area contributed by atoms with Gasteiger partial charge in [-0.3, -0.25) is 0 Å². The zero-order chi connectivity index (χ0) is 7.98. The normalized spacial score (nSPS) is 10.8. The predicted molar refractivity (Wildman–Crippen MR) is 43.3 cm³/mol. The molecule has 0 saturated heterocycles. The second kappa shape index (κ2) is 4.82. The van der Waals surface area contributed by atoms with Crippen LogP contribution in [-0.4, -0.2) is 11.7 Å². The molecule has 2 nitrogen and oxygen atoms in total. The molecule has 0 aliphatic heterocycles. The highest BCUT2D eigenvalue weighted by Crippen LogP contribution is 1.90. The summed E-state index contributed by atoms with van der Waals surface area (Å²) in [6, 6.07) is 0. The van der Waals surface area contributed by atoms with Gasteiger partial charge in [-0.1, -0.05) is 19.2 Å². The molecule has 56 valence electrons. The molecule has 0 amide bonds. The quantitative estimate of drug-likeness (QED) is 0.573. The maximum atomic E-state index is 8.54. The molecule has 0 spiro atoms. The maximum absolute atomic E-state index is 8.54. The van der Waals surface area contributed by atoms with Gasteiger partial charge in [-0.15, -0.1) is 0 Å². The molecular formula is C8H13NO. The summed E-state index contributed by atoms with van der Waals surface area (Å²) in [7, 11) is 0. The zero-order valence-electron chi connectivity index (χ0n) is 6.22. The Morgan fingerprint density at radius 3 is 2.70 bits per heavy atom. The van der Waals surface area contributed by atoms with Gasteiger partial charge in [-0.25, -0.2) is 0 Å². The van der Waals surface area contributed by atoms with Crippen molar-refractivity contribution >= 4 is 0 Å². The van der Waals surface area contributed by atoms with Gasteiger partial charge in [-0.2, -0.15) is 0 Å². The van der Waals surface area contributed by atoms with E-state index < -0.39 is 0 Å². The Balaban J connectivity index is 3.78. The van der Waals surface area contributed by atoms with E-state index in [1.807, 2.05) is 6.92 Å². The molecule has 2 N–H and O–H groups in total. The third kappa shape index (κ3) is 3.92. The summed E-state index contributed by atoms with van der Waals surface area (Å²) >= 11 is 0. The Morgan fingerprint density at radius 2 is 2.30 bits per heavy atom. The number of nitrogens with one attached hydrogen (secondary N) is 1. The second-order valence-electron chi connectivity index (χ2n) is 1.97. The summed E-state index contributed by atoms with van der Waals surface area (Å²) in [6.07, 6.45) is 3.48. The van der Waals surface area contributed by atoms with E-state index in [2.05, 4.69) is 18.5 Å². The standard InChI is InChI=1S/C8H13NO/c1-4-5-7(2)9-8(3)6-10/h4-5,9-10H,1,3,6H2,2H3/b7-5+. The average Bonchev–Trinajstić information content (AvgIpc) is 1.88. The van der Waals surface area contributed by atoms with Gasteiger partial charge in [0.25, 0.3) is 0 Å². The summed E-state index contributed by atoms with van der Waals surface area (Å²) in [5.41, 5.74) is 1.52. The third-order valence-corrected chi connectivity index (χ3v) is 0.933. The monoisotopic (exact) mass is 139 g/mol. The van der Waals surface area contributed by atoms with E-state index in [-0.39, 0.29) is 6.61 Å². The lowest BCUT2D eigenvalue weighted by molar-refractivity contribution is 0.325. The van der Waals surface area contributed by atoms with E-state index in [4.69, 9.17) is 5.11 Å². The van der Waals surface area contributed by atoms with Gasteiger partial charge in [0.05, 0.1) is 6.61 Å². The van der Waals surface area contributed by atoms with Crippen molar-refractivity contribution < 1.29 is 5.11 Å². The van der Waals surface area contributed by atoms with Crippen LogP contribution in [0.2, 0.25) is 0 Å². The minimum Gasteiger partial charge on any atom is -0.390 e. The molecule has 0 aromatic heterocycles. The van der Waals surface area contributed by atoms with Crippen molar-refractivity contribution in [2.24, 2.45) is 0 Å². The highest BCUT2D eigenvalue weighted by atomic mass is 16.3. The smallest absolute Gasteiger partial charge is 0.0824 e. The molecule has 2 heteroatoms. The molecule has 0 rings (SSSR count). The Bertz CT molecular complexity index is 159. The Labute approximate surface area is 61.6 Å². The second-order valence-corrected chi connectivity index (χ2v) is 1.97. The molecule has 0 aromatic carbocycles. The molecule has 0 aromatic rings. The Morgan fingerprint density at radius 1 is 1.70 bits per heavy atom. The summed E-state index contributed by atoms with van der Waals surface area (Å²) in [5, 5.41) is 11.4. The average molecular weight is 139 g/mol. The first-order valence-electron chi connectivity index (χ1n) is 3.05. The summed E-state index contributed by atoms with van der Waals surface area (Å²) in [6.45, 7) is 8.92. The first kappa shape index (κ1) is 8.98. The van der Waals surface area contributed by atoms with E-state index in [1.54, 1.807) is 12.2 Å². The number of rotatable bonds is 4. The van der Waals surface area contributed by atoms with Gasteiger partial charge in [0.1, 0.15) is 0 Å². The van der Waals surface area contributed by atoms with Crippen molar-refractivity contribution in [1.82, 2.24) is 5.32 Å². The van der Waals surface area contributed by atoms with E-state index in [9.17, 15) is 0 Å². The van der Waals surface area contributed by atoms with Gasteiger partial charge >= 0.3 is 0 Å². The van der Waals surface area contributed by atoms with Crippen LogP contribution >= 0.6 is 0 Å². The molecule has 0 aliphatic rings. The van der Waals surface area contributed by atoms with Crippen LogP contribution < -0.4 is 5.32 Å². The zero-order valence-corrected chi connectivity index (χ0v) is 6.22. The van der Waals surface area contributed by atoms with Gasteiger partial charge in [0, 0.05) is 11.4 Å². The van der Waals surface area contributed by atoms with Crippen LogP contribution in [0, 0.1) is 0 Å². The molecule has 0 unspecified atom stereocenters. The van der Waals surface area contributed by atoms with Crippen molar-refractivity contribution in [2.45, 2.75) is 6.92 Å². The van der Waals surface area contributed by atoms with Crippen LogP contribution in [-0.2, 0) is 0 Å². The lowest BCUT2D eigenvalue weighted by atomic mass is 10.4. The van der Waals surface area contributed by atoms with Crippen LogP contribution in [0.1, 0.15) is 6.92 Å². The number of aliphatic hydroxyl groups excluding tert-OH is 1. The highest BCUT2D eigenvalue weighted by molar-refractivity contribution is 5.11. The number of aliphatic hydroxyl groups is 1. The number of hydrogen-bond donors (Lipinski definition) is 2. The van der Waals surface area contributed by atoms with Crippen LogP contribution in [0.4, 0.5) is 0 Å². The maximum Gasteiger partial charge on any atom is 0.0824 e. The predicted octanol–water partition coefficient (Wildman–Crippen LogP) is 1.17. The summed E-state index contributed by atoms with van der Waals surface area (Å²) < 4.78 is 0. The Hall–Kier alpha value is -1.02. The lowest BCUT2D eigenvalue weighted by Crippen LogP contribution is -2.11. The number of allylic oxidation sites excluding steroid dienone is 3. The van der Waals surface area contributed by atoms with Gasteiger partial charge in [-0.05, 0) is 13.0 Å². The van der Waals surface area contributed by atoms with Gasteiger partial charge in [0.15, 0.2) is 0 Å². The molecule has 10 heavy (non-hydrogen) atoms. The van der Waals surface area contributed by atoms with Crippen molar-refractivity contribution in [3.8, 4) is 0 Å². The Kier molecular flexibility index (Phi) is 4.33. The molecule has 0 aliphatic carbocycles. The molecule has 0 heterocycles. The number of hydrogen-bond acceptors (Lipinski definition) is 2. The minimum atomic E-state index is -0.0394. The fourth-order valence-electron chi connectivity index (χ4n) is 0.537. The summed E-state index contributed by atoms with van der Waals surface area (Å²) in [5.74, 6) is 0. The van der Waals surface area contributed by atoms with Crippen LogP contribution in [0.25, 0.3) is 0 Å². The van der Waals surface area contributed by atoms with Crippen LogP contribution in [0.5, 0.6) is 0 Å². The van der Waals surface area contributed by atoms with E-state index in [0.717, 1.165) is 5.70 Å².